The fraction of sp³-hybridized carbons (Fsp3) is 0.259. The zero-order chi connectivity index (χ0) is 22.1. The zero-order valence-corrected chi connectivity index (χ0v) is 18.5. The molecule has 1 amide bonds. The van der Waals surface area contributed by atoms with E-state index in [2.05, 4.69) is 54.4 Å². The van der Waals surface area contributed by atoms with Crippen LogP contribution in [0.25, 0.3) is 33.3 Å². The number of nitrogens with zero attached hydrogens (tertiary/aromatic N) is 3. The highest BCUT2D eigenvalue weighted by Crippen LogP contribution is 2.40. The molecular weight excluding hydrogens is 398 g/mol. The van der Waals surface area contributed by atoms with Crippen molar-refractivity contribution in [2.24, 2.45) is 0 Å². The number of anilines is 1. The predicted molar refractivity (Wildman–Crippen MR) is 132 cm³/mol. The van der Waals surface area contributed by atoms with Crippen LogP contribution in [0.2, 0.25) is 0 Å². The second-order valence-corrected chi connectivity index (χ2v) is 8.28. The monoisotopic (exact) mass is 425 g/mol. The molecule has 2 aromatic carbocycles. The normalized spacial score (nSPS) is 18.0. The number of likely N-dealkylation sites (N-methyl/N-ethyl adjacent to an activating group) is 1. The molecule has 0 radical (unpaired) electrons. The van der Waals surface area contributed by atoms with Gasteiger partial charge < -0.3 is 14.5 Å². The molecular formula is C27H27N3O2. The fourth-order valence-corrected chi connectivity index (χ4v) is 4.53. The topological polar surface area (TPSA) is 45.7 Å². The van der Waals surface area contributed by atoms with Crippen LogP contribution in [-0.4, -0.2) is 55.7 Å². The summed E-state index contributed by atoms with van der Waals surface area (Å²) in [5.41, 5.74) is 5.45. The average molecular weight is 426 g/mol. The van der Waals surface area contributed by atoms with Gasteiger partial charge in [0.2, 0.25) is 5.91 Å². The maximum atomic E-state index is 12.5. The number of hydrogen-bond acceptors (Lipinski definition) is 4. The smallest absolute Gasteiger partial charge is 0.246 e. The van der Waals surface area contributed by atoms with Gasteiger partial charge in [-0.2, -0.15) is 0 Å². The fourth-order valence-electron chi connectivity index (χ4n) is 4.53. The molecule has 5 nitrogen and oxygen atoms in total. The minimum atomic E-state index is 0.0313. The van der Waals surface area contributed by atoms with Crippen molar-refractivity contribution >= 4 is 44.9 Å². The van der Waals surface area contributed by atoms with Crippen LogP contribution in [-0.2, 0) is 9.53 Å². The molecule has 2 aliphatic rings. The Kier molecular flexibility index (Phi) is 5.50. The number of morpholine rings is 1. The SMILES string of the molecule is C/C=C\C=C1/CN(C)c2cccc3c2c1nc1ccc(/C=C/C(=O)N2CCOCC2)cc13. The molecule has 1 aromatic heterocycles. The van der Waals surface area contributed by atoms with Gasteiger partial charge in [0.15, 0.2) is 0 Å². The van der Waals surface area contributed by atoms with Crippen LogP contribution in [0.5, 0.6) is 0 Å². The number of hydrogen-bond donors (Lipinski definition) is 0. The van der Waals surface area contributed by atoms with Gasteiger partial charge in [0.1, 0.15) is 0 Å². The van der Waals surface area contributed by atoms with Gasteiger partial charge in [-0.05, 0) is 47.7 Å². The molecule has 0 unspecified atom stereocenters. The van der Waals surface area contributed by atoms with E-state index < -0.39 is 0 Å². The third-order valence-corrected chi connectivity index (χ3v) is 6.18. The highest BCUT2D eigenvalue weighted by molar-refractivity contribution is 6.15. The van der Waals surface area contributed by atoms with Gasteiger partial charge in [0, 0.05) is 49.2 Å². The molecule has 0 aliphatic carbocycles. The lowest BCUT2D eigenvalue weighted by atomic mass is 9.94. The van der Waals surface area contributed by atoms with Crippen LogP contribution in [0.1, 0.15) is 18.2 Å². The first-order chi connectivity index (χ1) is 15.7. The van der Waals surface area contributed by atoms with Gasteiger partial charge in [0.05, 0.1) is 24.4 Å². The molecule has 0 bridgehead atoms. The van der Waals surface area contributed by atoms with Crippen LogP contribution in [0.3, 0.4) is 0 Å². The lowest BCUT2D eigenvalue weighted by molar-refractivity contribution is -0.129. The summed E-state index contributed by atoms with van der Waals surface area (Å²) < 4.78 is 5.34. The number of allylic oxidation sites excluding steroid dienone is 3. The largest absolute Gasteiger partial charge is 0.378 e. The molecule has 0 N–H and O–H groups in total. The average Bonchev–Trinajstić information content (AvgIpc) is 2.84. The molecule has 0 atom stereocenters. The van der Waals surface area contributed by atoms with E-state index >= 15 is 0 Å². The maximum absolute atomic E-state index is 12.5. The number of aromatic nitrogens is 1. The van der Waals surface area contributed by atoms with E-state index in [1.807, 2.05) is 30.0 Å². The summed E-state index contributed by atoms with van der Waals surface area (Å²) in [4.78, 5) is 21.7. The van der Waals surface area contributed by atoms with Crippen LogP contribution in [0.15, 0.2) is 60.7 Å². The number of benzene rings is 2. The van der Waals surface area contributed by atoms with Crippen molar-refractivity contribution in [1.82, 2.24) is 9.88 Å². The summed E-state index contributed by atoms with van der Waals surface area (Å²) in [6.45, 7) is 5.38. The first kappa shape index (κ1) is 20.5. The number of rotatable bonds is 3. The lowest BCUT2D eigenvalue weighted by Crippen LogP contribution is -2.39. The molecule has 1 fully saturated rings. The number of fused-ring (bicyclic) bond motifs is 2. The number of pyridine rings is 1. The van der Waals surface area contributed by atoms with Crippen molar-refractivity contribution < 1.29 is 9.53 Å². The van der Waals surface area contributed by atoms with Crippen LogP contribution in [0.4, 0.5) is 5.69 Å². The van der Waals surface area contributed by atoms with Gasteiger partial charge in [-0.25, -0.2) is 4.98 Å². The van der Waals surface area contributed by atoms with Gasteiger partial charge in [0.25, 0.3) is 0 Å². The summed E-state index contributed by atoms with van der Waals surface area (Å²) in [6, 6.07) is 12.7. The van der Waals surface area contributed by atoms with Gasteiger partial charge in [-0.3, -0.25) is 4.79 Å². The number of ether oxygens (including phenoxy) is 1. The van der Waals surface area contributed by atoms with Crippen LogP contribution < -0.4 is 4.90 Å². The third kappa shape index (κ3) is 3.69. The molecule has 0 spiro atoms. The standard InChI is InChI=1S/C27H27N3O2/c1-3-4-6-20-18-29(2)24-8-5-7-21-22-17-19(9-11-23(22)28-27(20)26(21)24)10-12-25(31)30-13-15-32-16-14-30/h3-12,17H,13-16,18H2,1-2H3/b4-3-,12-10+,20-6+. The van der Waals surface area contributed by atoms with E-state index in [0.29, 0.717) is 26.3 Å². The van der Waals surface area contributed by atoms with Crippen molar-refractivity contribution in [3.8, 4) is 0 Å². The molecule has 3 heterocycles. The molecule has 162 valence electrons. The molecule has 5 rings (SSSR count). The number of amides is 1. The van der Waals surface area contributed by atoms with Crippen LogP contribution >= 0.6 is 0 Å². The Morgan fingerprint density at radius 3 is 2.78 bits per heavy atom. The first-order valence-corrected chi connectivity index (χ1v) is 11.1. The summed E-state index contributed by atoms with van der Waals surface area (Å²) in [5.74, 6) is 0.0313. The lowest BCUT2D eigenvalue weighted by Gasteiger charge is -2.29. The van der Waals surface area contributed by atoms with Gasteiger partial charge in [-0.1, -0.05) is 36.4 Å². The van der Waals surface area contributed by atoms with E-state index in [1.54, 1.807) is 6.08 Å². The Hall–Kier alpha value is -3.44. The predicted octanol–water partition coefficient (Wildman–Crippen LogP) is 4.67. The Balaban J connectivity index is 1.59. The van der Waals surface area contributed by atoms with Crippen molar-refractivity contribution in [1.29, 1.82) is 0 Å². The second-order valence-electron chi connectivity index (χ2n) is 8.28. The number of carbonyl (C=O) groups excluding carboxylic acids is 1. The van der Waals surface area contributed by atoms with E-state index in [-0.39, 0.29) is 5.91 Å². The summed E-state index contributed by atoms with van der Waals surface area (Å²) in [7, 11) is 2.13. The quantitative estimate of drug-likeness (QED) is 0.452. The zero-order valence-electron chi connectivity index (χ0n) is 18.5. The van der Waals surface area contributed by atoms with Crippen molar-refractivity contribution in [3.05, 3.63) is 72.0 Å². The van der Waals surface area contributed by atoms with Crippen molar-refractivity contribution in [2.75, 3.05) is 44.8 Å². The Labute approximate surface area is 188 Å². The molecule has 5 heteroatoms. The van der Waals surface area contributed by atoms with Gasteiger partial charge >= 0.3 is 0 Å². The molecule has 1 saturated heterocycles. The number of carbonyl (C=O) groups is 1. The summed E-state index contributed by atoms with van der Waals surface area (Å²) in [5, 5.41) is 3.48. The Bertz CT molecular complexity index is 1280. The van der Waals surface area contributed by atoms with Crippen molar-refractivity contribution in [3.63, 3.8) is 0 Å². The molecule has 2 aliphatic heterocycles. The molecule has 3 aromatic rings. The van der Waals surface area contributed by atoms with Gasteiger partial charge in [-0.15, -0.1) is 0 Å². The highest BCUT2D eigenvalue weighted by Gasteiger charge is 2.22. The van der Waals surface area contributed by atoms with E-state index in [0.717, 1.165) is 28.7 Å². The highest BCUT2D eigenvalue weighted by atomic mass is 16.5. The second kappa shape index (κ2) is 8.60. The maximum Gasteiger partial charge on any atom is 0.246 e. The summed E-state index contributed by atoms with van der Waals surface area (Å²) in [6.07, 6.45) is 9.85. The Morgan fingerprint density at radius 1 is 1.12 bits per heavy atom. The minimum absolute atomic E-state index is 0.0313. The summed E-state index contributed by atoms with van der Waals surface area (Å²) >= 11 is 0. The third-order valence-electron chi connectivity index (χ3n) is 6.18. The van der Waals surface area contributed by atoms with Crippen molar-refractivity contribution in [2.45, 2.75) is 6.92 Å². The molecule has 0 saturated carbocycles. The van der Waals surface area contributed by atoms with E-state index in [9.17, 15) is 4.79 Å². The Morgan fingerprint density at radius 2 is 1.97 bits per heavy atom. The van der Waals surface area contributed by atoms with Crippen LogP contribution in [0, 0.1) is 0 Å². The minimum Gasteiger partial charge on any atom is -0.378 e. The first-order valence-electron chi connectivity index (χ1n) is 11.1. The molecule has 32 heavy (non-hydrogen) atoms. The van der Waals surface area contributed by atoms with E-state index in [1.165, 1.54) is 22.0 Å². The van der Waals surface area contributed by atoms with E-state index in [4.69, 9.17) is 9.72 Å².